The number of nitrogens with zero attached hydrogens (tertiary/aromatic N) is 3. The van der Waals surface area contributed by atoms with Crippen LogP contribution in [0.4, 0.5) is 5.69 Å². The quantitative estimate of drug-likeness (QED) is 0.289. The van der Waals surface area contributed by atoms with Crippen molar-refractivity contribution in [2.75, 3.05) is 24.5 Å². The number of anilines is 1. The molecule has 0 unspecified atom stereocenters. The molecule has 1 aliphatic rings. The Kier molecular flexibility index (Phi) is 8.84. The van der Waals surface area contributed by atoms with E-state index >= 15 is 0 Å². The zero-order chi connectivity index (χ0) is 26.0. The number of hydrogen-bond acceptors (Lipinski definition) is 6. The molecular formula is C29H29ClN6O. The van der Waals surface area contributed by atoms with E-state index in [0.29, 0.717) is 35.8 Å². The molecule has 1 heterocycles. The molecule has 188 valence electrons. The van der Waals surface area contributed by atoms with Gasteiger partial charge in [-0.3, -0.25) is 15.2 Å². The molecule has 1 aliphatic heterocycles. The number of amides is 1. The van der Waals surface area contributed by atoms with E-state index in [1.54, 1.807) is 29.3 Å². The standard InChI is InChI=1S/C29H29ClN6O/c30-25-12-10-24(11-13-25)29(37)34-36-21-26(33-28(36)23-6-2-1-3-7-23)20-22-8-14-27(15-9-22)35(18-4-16-31)19-5-17-32/h1-3,6-17,20,31-32H,4-5,18-19,21H2,(H,34,37)/b26-20-,31-16?,32-17?. The molecule has 0 fully saturated rings. The van der Waals surface area contributed by atoms with Gasteiger partial charge in [0.1, 0.15) is 0 Å². The monoisotopic (exact) mass is 512 g/mol. The lowest BCUT2D eigenvalue weighted by molar-refractivity contribution is 0.0881. The molecule has 3 aromatic rings. The first-order chi connectivity index (χ1) is 18.1. The van der Waals surface area contributed by atoms with Crippen molar-refractivity contribution in [3.63, 3.8) is 0 Å². The van der Waals surface area contributed by atoms with Gasteiger partial charge in [-0.2, -0.15) is 0 Å². The SMILES string of the molecule is N=CCCN(CCC=N)c1ccc(/C=C2/CN(NC(=O)c3ccc(Cl)cc3)C(c3ccccc3)=N2)cc1. The minimum atomic E-state index is -0.235. The van der Waals surface area contributed by atoms with Crippen LogP contribution in [0.5, 0.6) is 0 Å². The maximum Gasteiger partial charge on any atom is 0.269 e. The molecule has 1 amide bonds. The lowest BCUT2D eigenvalue weighted by atomic mass is 10.1. The van der Waals surface area contributed by atoms with Crippen LogP contribution in [-0.2, 0) is 0 Å². The molecule has 0 saturated heterocycles. The van der Waals surface area contributed by atoms with Gasteiger partial charge in [0, 0.05) is 34.9 Å². The first-order valence-corrected chi connectivity index (χ1v) is 12.5. The summed E-state index contributed by atoms with van der Waals surface area (Å²) in [5.74, 6) is 0.441. The third kappa shape index (κ3) is 6.92. The summed E-state index contributed by atoms with van der Waals surface area (Å²) in [4.78, 5) is 19.9. The number of carbonyl (C=O) groups excluding carboxylic acids is 1. The van der Waals surface area contributed by atoms with Crippen molar-refractivity contribution >= 4 is 47.5 Å². The number of nitrogens with one attached hydrogen (secondary N) is 3. The molecule has 0 saturated carbocycles. The van der Waals surface area contributed by atoms with Crippen molar-refractivity contribution in [1.29, 1.82) is 10.8 Å². The summed E-state index contributed by atoms with van der Waals surface area (Å²) >= 11 is 5.97. The van der Waals surface area contributed by atoms with Crippen LogP contribution in [0.15, 0.2) is 89.6 Å². The van der Waals surface area contributed by atoms with Crippen LogP contribution in [0.1, 0.15) is 34.3 Å². The molecule has 0 bridgehead atoms. The summed E-state index contributed by atoms with van der Waals surface area (Å²) in [6.45, 7) is 1.91. The lowest BCUT2D eigenvalue weighted by Gasteiger charge is -2.23. The van der Waals surface area contributed by atoms with Gasteiger partial charge < -0.3 is 15.7 Å². The van der Waals surface area contributed by atoms with Gasteiger partial charge in [-0.05, 0) is 73.3 Å². The topological polar surface area (TPSA) is 95.6 Å². The predicted octanol–water partition coefficient (Wildman–Crippen LogP) is 5.67. The molecule has 0 aromatic heterocycles. The Morgan fingerprint density at radius 3 is 2.22 bits per heavy atom. The van der Waals surface area contributed by atoms with Gasteiger partial charge in [0.15, 0.2) is 5.84 Å². The molecule has 3 N–H and O–H groups in total. The van der Waals surface area contributed by atoms with E-state index in [4.69, 9.17) is 27.4 Å². The third-order valence-corrected chi connectivity index (χ3v) is 6.13. The van der Waals surface area contributed by atoms with Crippen LogP contribution in [0.25, 0.3) is 6.08 Å². The Labute approximate surface area is 222 Å². The molecule has 4 rings (SSSR count). The van der Waals surface area contributed by atoms with Gasteiger partial charge in [0.05, 0.1) is 12.2 Å². The lowest BCUT2D eigenvalue weighted by Crippen LogP contribution is -2.44. The van der Waals surface area contributed by atoms with Crippen LogP contribution in [-0.4, -0.2) is 48.8 Å². The van der Waals surface area contributed by atoms with Crippen molar-refractivity contribution in [3.8, 4) is 0 Å². The van der Waals surface area contributed by atoms with Crippen LogP contribution < -0.4 is 10.3 Å². The molecule has 7 nitrogen and oxygen atoms in total. The number of aliphatic imine (C=N–C) groups is 1. The van der Waals surface area contributed by atoms with Crippen LogP contribution >= 0.6 is 11.6 Å². The van der Waals surface area contributed by atoms with Crippen molar-refractivity contribution in [3.05, 3.63) is 106 Å². The number of rotatable bonds is 11. The second-order valence-corrected chi connectivity index (χ2v) is 8.97. The van der Waals surface area contributed by atoms with Gasteiger partial charge in [-0.1, -0.05) is 54.1 Å². The van der Waals surface area contributed by atoms with Crippen molar-refractivity contribution in [1.82, 2.24) is 10.4 Å². The Hall–Kier alpha value is -4.23. The number of hydrogen-bond donors (Lipinski definition) is 3. The number of benzene rings is 3. The second kappa shape index (κ2) is 12.6. The van der Waals surface area contributed by atoms with Gasteiger partial charge in [-0.15, -0.1) is 0 Å². The summed E-state index contributed by atoms with van der Waals surface area (Å²) in [7, 11) is 0. The van der Waals surface area contributed by atoms with Gasteiger partial charge in [0.25, 0.3) is 5.91 Å². The zero-order valence-electron chi connectivity index (χ0n) is 20.4. The van der Waals surface area contributed by atoms with Crippen molar-refractivity contribution < 1.29 is 4.79 Å². The zero-order valence-corrected chi connectivity index (χ0v) is 21.2. The molecule has 37 heavy (non-hydrogen) atoms. The molecule has 0 atom stereocenters. The fraction of sp³-hybridized carbons (Fsp3) is 0.172. The van der Waals surface area contributed by atoms with E-state index in [9.17, 15) is 4.79 Å². The van der Waals surface area contributed by atoms with Gasteiger partial charge in [-0.25, -0.2) is 4.99 Å². The summed E-state index contributed by atoms with van der Waals surface area (Å²) in [5, 5.41) is 17.0. The van der Waals surface area contributed by atoms with E-state index in [1.165, 1.54) is 12.4 Å². The Bertz CT molecular complexity index is 1270. The van der Waals surface area contributed by atoms with E-state index < -0.39 is 0 Å². The van der Waals surface area contributed by atoms with Crippen LogP contribution in [0.3, 0.4) is 0 Å². The largest absolute Gasteiger partial charge is 0.371 e. The fourth-order valence-electron chi connectivity index (χ4n) is 4.02. The highest BCUT2D eigenvalue weighted by atomic mass is 35.5. The number of carbonyl (C=O) groups is 1. The maximum absolute atomic E-state index is 12.9. The molecular weight excluding hydrogens is 484 g/mol. The highest BCUT2D eigenvalue weighted by molar-refractivity contribution is 6.30. The maximum atomic E-state index is 12.9. The highest BCUT2D eigenvalue weighted by Crippen LogP contribution is 2.22. The normalized spacial score (nSPS) is 13.8. The average molecular weight is 513 g/mol. The summed E-state index contributed by atoms with van der Waals surface area (Å²) in [6.07, 6.45) is 6.17. The Morgan fingerprint density at radius 2 is 1.59 bits per heavy atom. The van der Waals surface area contributed by atoms with E-state index in [-0.39, 0.29) is 5.91 Å². The summed E-state index contributed by atoms with van der Waals surface area (Å²) in [6, 6.07) is 24.7. The summed E-state index contributed by atoms with van der Waals surface area (Å²) in [5.41, 5.74) is 7.29. The highest BCUT2D eigenvalue weighted by Gasteiger charge is 2.24. The fourth-order valence-corrected chi connectivity index (χ4v) is 4.15. The van der Waals surface area contributed by atoms with Crippen molar-refractivity contribution in [2.24, 2.45) is 4.99 Å². The number of halogens is 1. The number of amidine groups is 1. The second-order valence-electron chi connectivity index (χ2n) is 8.54. The average Bonchev–Trinajstić information content (AvgIpc) is 3.32. The third-order valence-electron chi connectivity index (χ3n) is 5.88. The predicted molar refractivity (Wildman–Crippen MR) is 152 cm³/mol. The molecule has 0 aliphatic carbocycles. The van der Waals surface area contributed by atoms with Gasteiger partial charge in [0.2, 0.25) is 0 Å². The smallest absolute Gasteiger partial charge is 0.269 e. The summed E-state index contributed by atoms with van der Waals surface area (Å²) < 4.78 is 0. The van der Waals surface area contributed by atoms with E-state index in [1.807, 2.05) is 48.5 Å². The van der Waals surface area contributed by atoms with E-state index in [2.05, 4.69) is 22.5 Å². The minimum absolute atomic E-state index is 0.235. The molecule has 3 aromatic carbocycles. The van der Waals surface area contributed by atoms with E-state index in [0.717, 1.165) is 35.6 Å². The van der Waals surface area contributed by atoms with Crippen LogP contribution in [0, 0.1) is 10.8 Å². The Balaban J connectivity index is 1.54. The molecule has 0 spiro atoms. The minimum Gasteiger partial charge on any atom is -0.371 e. The number of hydrazine groups is 1. The first-order valence-electron chi connectivity index (χ1n) is 12.1. The molecule has 8 heteroatoms. The van der Waals surface area contributed by atoms with Crippen molar-refractivity contribution in [2.45, 2.75) is 12.8 Å². The van der Waals surface area contributed by atoms with Gasteiger partial charge >= 0.3 is 0 Å². The van der Waals surface area contributed by atoms with Crippen LogP contribution in [0.2, 0.25) is 5.02 Å². The Morgan fingerprint density at radius 1 is 0.946 bits per heavy atom. The molecule has 0 radical (unpaired) electrons. The first kappa shape index (κ1) is 25.9.